The van der Waals surface area contributed by atoms with Crippen LogP contribution in [0.5, 0.6) is 0 Å². The van der Waals surface area contributed by atoms with E-state index in [4.69, 9.17) is 4.98 Å². The van der Waals surface area contributed by atoms with Crippen molar-refractivity contribution in [2.24, 2.45) is 0 Å². The molecule has 0 bridgehead atoms. The van der Waals surface area contributed by atoms with E-state index in [1.165, 1.54) is 16.9 Å². The average Bonchev–Trinajstić information content (AvgIpc) is 2.97. The van der Waals surface area contributed by atoms with Crippen molar-refractivity contribution in [3.8, 4) is 0 Å². The first-order chi connectivity index (χ1) is 11.8. The summed E-state index contributed by atoms with van der Waals surface area (Å²) in [7, 11) is 0. The number of fused-ring (bicyclic) bond motifs is 3. The van der Waals surface area contributed by atoms with Gasteiger partial charge in [0, 0.05) is 17.1 Å². The third kappa shape index (κ3) is 2.55. The lowest BCUT2D eigenvalue weighted by molar-refractivity contribution is 0.698. The Kier molecular flexibility index (Phi) is 3.94. The SMILES string of the molecule is C=CCn1c(Nc2ccccc2)nc2sc3c(c2c1=O)CCCC3. The van der Waals surface area contributed by atoms with E-state index in [0.717, 1.165) is 35.2 Å². The summed E-state index contributed by atoms with van der Waals surface area (Å²) in [6, 6.07) is 9.81. The van der Waals surface area contributed by atoms with Gasteiger partial charge in [-0.2, -0.15) is 0 Å². The van der Waals surface area contributed by atoms with E-state index in [0.29, 0.717) is 12.5 Å². The molecule has 2 heterocycles. The number of aryl methyl sites for hydroxylation is 2. The van der Waals surface area contributed by atoms with Crippen LogP contribution < -0.4 is 10.9 Å². The molecule has 0 saturated carbocycles. The number of hydrogen-bond donors (Lipinski definition) is 1. The highest BCUT2D eigenvalue weighted by molar-refractivity contribution is 7.18. The molecule has 0 spiro atoms. The number of nitrogens with one attached hydrogen (secondary N) is 1. The molecule has 1 aliphatic rings. The lowest BCUT2D eigenvalue weighted by Crippen LogP contribution is -2.24. The molecule has 1 aromatic carbocycles. The maximum atomic E-state index is 13.1. The van der Waals surface area contributed by atoms with E-state index in [1.54, 1.807) is 22.0 Å². The van der Waals surface area contributed by atoms with Crippen LogP contribution in [0.4, 0.5) is 11.6 Å². The Bertz CT molecular complexity index is 956. The van der Waals surface area contributed by atoms with Crippen LogP contribution in [-0.4, -0.2) is 9.55 Å². The zero-order valence-corrected chi connectivity index (χ0v) is 14.2. The largest absolute Gasteiger partial charge is 0.325 e. The van der Waals surface area contributed by atoms with Gasteiger partial charge in [-0.05, 0) is 43.4 Å². The van der Waals surface area contributed by atoms with Crippen LogP contribution in [0.1, 0.15) is 23.3 Å². The van der Waals surface area contributed by atoms with E-state index in [1.807, 2.05) is 30.3 Å². The summed E-state index contributed by atoms with van der Waals surface area (Å²) in [5.41, 5.74) is 2.18. The molecule has 0 amide bonds. The van der Waals surface area contributed by atoms with Gasteiger partial charge < -0.3 is 5.32 Å². The number of nitrogens with zero attached hydrogens (tertiary/aromatic N) is 2. The van der Waals surface area contributed by atoms with Crippen LogP contribution in [0.25, 0.3) is 10.2 Å². The molecule has 122 valence electrons. The van der Waals surface area contributed by atoms with Gasteiger partial charge in [0.25, 0.3) is 5.56 Å². The number of aromatic nitrogens is 2. The number of benzene rings is 1. The van der Waals surface area contributed by atoms with Crippen molar-refractivity contribution in [3.05, 3.63) is 63.8 Å². The first-order valence-electron chi connectivity index (χ1n) is 8.26. The van der Waals surface area contributed by atoms with Gasteiger partial charge in [0.05, 0.1) is 5.39 Å². The number of para-hydroxylation sites is 1. The summed E-state index contributed by atoms with van der Waals surface area (Å²) in [4.78, 5) is 20.1. The Morgan fingerprint density at radius 2 is 2.04 bits per heavy atom. The van der Waals surface area contributed by atoms with Crippen molar-refractivity contribution < 1.29 is 0 Å². The lowest BCUT2D eigenvalue weighted by atomic mass is 9.97. The van der Waals surface area contributed by atoms with Gasteiger partial charge in [-0.3, -0.25) is 9.36 Å². The van der Waals surface area contributed by atoms with Crippen LogP contribution in [0, 0.1) is 0 Å². The smallest absolute Gasteiger partial charge is 0.264 e. The standard InChI is InChI=1S/C19H19N3OS/c1-2-12-22-18(23)16-14-10-6-7-11-15(14)24-17(16)21-19(22)20-13-8-4-3-5-9-13/h2-5,8-9H,1,6-7,10-12H2,(H,20,21). The van der Waals surface area contributed by atoms with Gasteiger partial charge in [0.1, 0.15) is 4.83 Å². The molecule has 0 saturated heterocycles. The first kappa shape index (κ1) is 15.1. The molecular formula is C19H19N3OS. The van der Waals surface area contributed by atoms with E-state index < -0.39 is 0 Å². The quantitative estimate of drug-likeness (QED) is 0.723. The predicted molar refractivity (Wildman–Crippen MR) is 100 cm³/mol. The van der Waals surface area contributed by atoms with Crippen molar-refractivity contribution in [1.29, 1.82) is 0 Å². The molecule has 2 aromatic heterocycles. The molecule has 0 unspecified atom stereocenters. The zero-order chi connectivity index (χ0) is 16.5. The second-order valence-corrected chi connectivity index (χ2v) is 7.11. The monoisotopic (exact) mass is 337 g/mol. The summed E-state index contributed by atoms with van der Waals surface area (Å²) < 4.78 is 1.68. The fourth-order valence-electron chi connectivity index (χ4n) is 3.28. The minimum atomic E-state index is 0.0396. The van der Waals surface area contributed by atoms with Crippen molar-refractivity contribution >= 4 is 33.2 Å². The van der Waals surface area contributed by atoms with Crippen molar-refractivity contribution in [2.75, 3.05) is 5.32 Å². The topological polar surface area (TPSA) is 46.9 Å². The van der Waals surface area contributed by atoms with E-state index in [-0.39, 0.29) is 5.56 Å². The molecule has 1 aliphatic carbocycles. The highest BCUT2D eigenvalue weighted by atomic mass is 32.1. The molecule has 0 radical (unpaired) electrons. The molecule has 5 heteroatoms. The van der Waals surface area contributed by atoms with E-state index in [2.05, 4.69) is 11.9 Å². The summed E-state index contributed by atoms with van der Waals surface area (Å²) in [5, 5.41) is 4.10. The van der Waals surface area contributed by atoms with Gasteiger partial charge in [-0.25, -0.2) is 4.98 Å². The van der Waals surface area contributed by atoms with E-state index >= 15 is 0 Å². The van der Waals surface area contributed by atoms with Crippen molar-refractivity contribution in [3.63, 3.8) is 0 Å². The first-order valence-corrected chi connectivity index (χ1v) is 9.07. The molecule has 0 atom stereocenters. The van der Waals surface area contributed by atoms with Gasteiger partial charge >= 0.3 is 0 Å². The minimum Gasteiger partial charge on any atom is -0.325 e. The molecule has 24 heavy (non-hydrogen) atoms. The maximum absolute atomic E-state index is 13.1. The fraction of sp³-hybridized carbons (Fsp3) is 0.263. The van der Waals surface area contributed by atoms with Gasteiger partial charge in [-0.1, -0.05) is 24.3 Å². The molecule has 0 fully saturated rings. The van der Waals surface area contributed by atoms with Gasteiger partial charge in [0.15, 0.2) is 0 Å². The molecule has 1 N–H and O–H groups in total. The highest BCUT2D eigenvalue weighted by Crippen LogP contribution is 2.34. The Morgan fingerprint density at radius 3 is 2.83 bits per heavy atom. The Balaban J connectivity index is 1.91. The Labute approximate surface area is 144 Å². The number of rotatable bonds is 4. The third-order valence-corrected chi connectivity index (χ3v) is 5.60. The van der Waals surface area contributed by atoms with Crippen LogP contribution >= 0.6 is 11.3 Å². The fourth-order valence-corrected chi connectivity index (χ4v) is 4.53. The second kappa shape index (κ2) is 6.24. The molecular weight excluding hydrogens is 318 g/mol. The molecule has 4 nitrogen and oxygen atoms in total. The number of thiophene rings is 1. The lowest BCUT2D eigenvalue weighted by Gasteiger charge is -2.13. The Morgan fingerprint density at radius 1 is 1.25 bits per heavy atom. The summed E-state index contributed by atoms with van der Waals surface area (Å²) in [5.74, 6) is 0.581. The van der Waals surface area contributed by atoms with Crippen molar-refractivity contribution in [2.45, 2.75) is 32.2 Å². The van der Waals surface area contributed by atoms with Gasteiger partial charge in [-0.15, -0.1) is 17.9 Å². The third-order valence-electron chi connectivity index (χ3n) is 4.42. The second-order valence-electron chi connectivity index (χ2n) is 6.02. The number of hydrogen-bond acceptors (Lipinski definition) is 4. The summed E-state index contributed by atoms with van der Waals surface area (Å²) in [6.07, 6.45) is 6.16. The number of allylic oxidation sites excluding steroid dienone is 1. The van der Waals surface area contributed by atoms with Gasteiger partial charge in [0.2, 0.25) is 5.95 Å². The minimum absolute atomic E-state index is 0.0396. The highest BCUT2D eigenvalue weighted by Gasteiger charge is 2.21. The maximum Gasteiger partial charge on any atom is 0.264 e. The number of anilines is 2. The molecule has 0 aliphatic heterocycles. The van der Waals surface area contributed by atoms with Crippen LogP contribution in [0.2, 0.25) is 0 Å². The summed E-state index contributed by atoms with van der Waals surface area (Å²) in [6.45, 7) is 4.23. The normalized spacial score (nSPS) is 13.7. The van der Waals surface area contributed by atoms with Crippen LogP contribution in [0.15, 0.2) is 47.8 Å². The molecule has 3 aromatic rings. The van der Waals surface area contributed by atoms with Crippen molar-refractivity contribution in [1.82, 2.24) is 9.55 Å². The van der Waals surface area contributed by atoms with E-state index in [9.17, 15) is 4.79 Å². The predicted octanol–water partition coefficient (Wildman–Crippen LogP) is 4.27. The summed E-state index contributed by atoms with van der Waals surface area (Å²) >= 11 is 1.68. The van der Waals surface area contributed by atoms with Crippen LogP contribution in [-0.2, 0) is 19.4 Å². The Hall–Kier alpha value is -2.40. The molecule has 4 rings (SSSR count). The average molecular weight is 337 g/mol. The van der Waals surface area contributed by atoms with Crippen LogP contribution in [0.3, 0.4) is 0 Å². The zero-order valence-electron chi connectivity index (χ0n) is 13.4.